The highest BCUT2D eigenvalue weighted by Crippen LogP contribution is 2.54. The molecule has 3 atom stereocenters. The molecule has 0 aromatic rings. The Balaban J connectivity index is 1.75. The van der Waals surface area contributed by atoms with Crippen molar-refractivity contribution in [1.82, 2.24) is 9.80 Å². The molecule has 0 N–H and O–H groups in total. The molecular formula is C21H30N4O. The summed E-state index contributed by atoms with van der Waals surface area (Å²) in [6, 6.07) is 0.0565. The van der Waals surface area contributed by atoms with Crippen LogP contribution in [-0.2, 0) is 4.79 Å². The zero-order chi connectivity index (χ0) is 18.5. The Hall–Kier alpha value is -1.75. The van der Waals surface area contributed by atoms with Crippen molar-refractivity contribution >= 4 is 5.91 Å². The van der Waals surface area contributed by atoms with Crippen molar-refractivity contribution in [3.8, 4) is 0 Å². The van der Waals surface area contributed by atoms with Gasteiger partial charge in [0, 0.05) is 30.4 Å². The van der Waals surface area contributed by atoms with Crippen LogP contribution in [0.1, 0.15) is 40.5 Å². The third-order valence-electron chi connectivity index (χ3n) is 6.43. The molecule has 0 fully saturated rings. The average molecular weight is 354 g/mol. The van der Waals surface area contributed by atoms with E-state index in [1.165, 1.54) is 17.0 Å². The van der Waals surface area contributed by atoms with Crippen molar-refractivity contribution in [2.75, 3.05) is 26.2 Å². The van der Waals surface area contributed by atoms with Crippen LogP contribution in [-0.4, -0.2) is 47.9 Å². The first-order valence-electron chi connectivity index (χ1n) is 10.0. The van der Waals surface area contributed by atoms with E-state index in [-0.39, 0.29) is 29.2 Å². The molecule has 5 nitrogen and oxygen atoms in total. The highest BCUT2D eigenvalue weighted by molar-refractivity contribution is 5.83. The second-order valence-electron chi connectivity index (χ2n) is 8.68. The van der Waals surface area contributed by atoms with Crippen LogP contribution in [0.5, 0.6) is 0 Å². The first-order valence-corrected chi connectivity index (χ1v) is 10.0. The molecule has 0 bridgehead atoms. The lowest BCUT2D eigenvalue weighted by Gasteiger charge is -2.37. The van der Waals surface area contributed by atoms with Crippen LogP contribution in [0.3, 0.4) is 0 Å². The fourth-order valence-electron chi connectivity index (χ4n) is 5.10. The number of hydrogen-bond acceptors (Lipinski definition) is 4. The van der Waals surface area contributed by atoms with Crippen molar-refractivity contribution in [2.45, 2.75) is 46.6 Å². The Kier molecular flexibility index (Phi) is 4.38. The minimum atomic E-state index is -0.173. The summed E-state index contributed by atoms with van der Waals surface area (Å²) in [5.41, 5.74) is 4.26. The van der Waals surface area contributed by atoms with Crippen LogP contribution in [0.15, 0.2) is 45.4 Å². The Bertz CT molecular complexity index is 726. The topological polar surface area (TPSA) is 48.3 Å². The normalized spacial score (nSPS) is 31.4. The van der Waals surface area contributed by atoms with Gasteiger partial charge in [0.15, 0.2) is 0 Å². The molecule has 0 saturated heterocycles. The van der Waals surface area contributed by atoms with Crippen molar-refractivity contribution in [2.24, 2.45) is 27.5 Å². The smallest absolute Gasteiger partial charge is 0.272 e. The molecule has 2 heterocycles. The van der Waals surface area contributed by atoms with Crippen LogP contribution in [0, 0.1) is 17.3 Å². The minimum Gasteiger partial charge on any atom is -0.347 e. The molecule has 0 saturated carbocycles. The molecule has 0 aromatic heterocycles. The second kappa shape index (κ2) is 6.45. The van der Waals surface area contributed by atoms with Gasteiger partial charge in [-0.3, -0.25) is 4.79 Å². The lowest BCUT2D eigenvalue weighted by atomic mass is 9.70. The molecule has 0 spiro atoms. The number of allylic oxidation sites excluding steroid dienone is 4. The molecule has 5 heteroatoms. The molecule has 26 heavy (non-hydrogen) atoms. The van der Waals surface area contributed by atoms with E-state index in [0.29, 0.717) is 0 Å². The molecule has 140 valence electrons. The maximum atomic E-state index is 12.6. The van der Waals surface area contributed by atoms with Crippen molar-refractivity contribution in [1.29, 1.82) is 0 Å². The number of carbonyl (C=O) groups excluding carboxylic acids is 1. The third-order valence-corrected chi connectivity index (χ3v) is 6.43. The van der Waals surface area contributed by atoms with E-state index in [4.69, 9.17) is 0 Å². The number of carbonyl (C=O) groups is 1. The number of likely N-dealkylation sites (N-methyl/N-ethyl adjacent to an activating group) is 1. The van der Waals surface area contributed by atoms with Crippen LogP contribution in [0.25, 0.3) is 0 Å². The van der Waals surface area contributed by atoms with Crippen LogP contribution >= 0.6 is 0 Å². The zero-order valence-corrected chi connectivity index (χ0v) is 16.4. The van der Waals surface area contributed by atoms with E-state index in [1.807, 2.05) is 12.2 Å². The van der Waals surface area contributed by atoms with Crippen molar-refractivity contribution in [3.05, 3.63) is 35.2 Å². The standard InChI is InChI=1S/C21H30N4O/c1-5-24(6-2)10-11-25-16-9-7-8-14-18(16)19-15(22-23-20(14)26)12-21(3,4)13-17(19)25/h7-9,14-15,18H,5-6,10-13H2,1-4H3. The Morgan fingerprint density at radius 2 is 2.08 bits per heavy atom. The maximum absolute atomic E-state index is 12.6. The van der Waals surface area contributed by atoms with Gasteiger partial charge in [-0.05, 0) is 43.0 Å². The first kappa shape index (κ1) is 17.7. The lowest BCUT2D eigenvalue weighted by Crippen LogP contribution is -2.36. The Morgan fingerprint density at radius 3 is 2.81 bits per heavy atom. The van der Waals surface area contributed by atoms with Gasteiger partial charge in [-0.25, -0.2) is 0 Å². The summed E-state index contributed by atoms with van der Waals surface area (Å²) in [5.74, 6) is -0.106. The van der Waals surface area contributed by atoms with E-state index in [9.17, 15) is 4.79 Å². The highest BCUT2D eigenvalue weighted by atomic mass is 16.2. The van der Waals surface area contributed by atoms with Gasteiger partial charge in [0.1, 0.15) is 0 Å². The van der Waals surface area contributed by atoms with Crippen LogP contribution in [0.4, 0.5) is 0 Å². The van der Waals surface area contributed by atoms with Gasteiger partial charge < -0.3 is 9.80 Å². The van der Waals surface area contributed by atoms with Crippen molar-refractivity contribution in [3.63, 3.8) is 0 Å². The third kappa shape index (κ3) is 2.77. The van der Waals surface area contributed by atoms with E-state index in [1.54, 1.807) is 0 Å². The van der Waals surface area contributed by atoms with Gasteiger partial charge in [-0.2, -0.15) is 5.11 Å². The SMILES string of the molecule is CCN(CC)CCN1C2=CC=CC3C(=O)N=NC4CC(C)(C)CC1=C4C23. The zero-order valence-electron chi connectivity index (χ0n) is 16.4. The summed E-state index contributed by atoms with van der Waals surface area (Å²) in [4.78, 5) is 17.6. The molecule has 0 radical (unpaired) electrons. The summed E-state index contributed by atoms with van der Waals surface area (Å²) in [6.45, 7) is 13.2. The Labute approximate surface area is 156 Å². The summed E-state index contributed by atoms with van der Waals surface area (Å²) in [7, 11) is 0. The summed E-state index contributed by atoms with van der Waals surface area (Å²) in [5, 5.41) is 8.59. The molecule has 1 amide bonds. The summed E-state index contributed by atoms with van der Waals surface area (Å²) in [6.07, 6.45) is 8.31. The van der Waals surface area contributed by atoms with E-state index in [0.717, 1.165) is 39.0 Å². The fraction of sp³-hybridized carbons (Fsp3) is 0.667. The lowest BCUT2D eigenvalue weighted by molar-refractivity contribution is -0.121. The van der Waals surface area contributed by atoms with Gasteiger partial charge >= 0.3 is 0 Å². The fourth-order valence-corrected chi connectivity index (χ4v) is 5.10. The van der Waals surface area contributed by atoms with Gasteiger partial charge in [0.25, 0.3) is 5.91 Å². The van der Waals surface area contributed by atoms with Crippen molar-refractivity contribution < 1.29 is 4.79 Å². The molecule has 0 aromatic carbocycles. The maximum Gasteiger partial charge on any atom is 0.272 e. The quantitative estimate of drug-likeness (QED) is 0.755. The van der Waals surface area contributed by atoms with Crippen LogP contribution in [0.2, 0.25) is 0 Å². The molecule has 2 aliphatic heterocycles. The summed E-state index contributed by atoms with van der Waals surface area (Å²) >= 11 is 0. The molecule has 2 aliphatic carbocycles. The molecule has 4 aliphatic rings. The van der Waals surface area contributed by atoms with Gasteiger partial charge in [0.2, 0.25) is 0 Å². The van der Waals surface area contributed by atoms with E-state index >= 15 is 0 Å². The largest absolute Gasteiger partial charge is 0.347 e. The second-order valence-corrected chi connectivity index (χ2v) is 8.68. The van der Waals surface area contributed by atoms with Gasteiger partial charge in [-0.15, -0.1) is 5.11 Å². The highest BCUT2D eigenvalue weighted by Gasteiger charge is 2.51. The van der Waals surface area contributed by atoms with Crippen LogP contribution < -0.4 is 0 Å². The Morgan fingerprint density at radius 1 is 1.31 bits per heavy atom. The van der Waals surface area contributed by atoms with E-state index < -0.39 is 0 Å². The summed E-state index contributed by atoms with van der Waals surface area (Å²) < 4.78 is 0. The number of nitrogens with zero attached hydrogens (tertiary/aromatic N) is 4. The van der Waals surface area contributed by atoms with Gasteiger partial charge in [0.05, 0.1) is 12.0 Å². The number of azo groups is 1. The predicted octanol–water partition coefficient (Wildman–Crippen LogP) is 3.77. The van der Waals surface area contributed by atoms with Gasteiger partial charge in [-0.1, -0.05) is 39.8 Å². The molecule has 4 rings (SSSR count). The molecule has 3 unspecified atom stereocenters. The number of amides is 1. The number of hydrogen-bond donors (Lipinski definition) is 0. The first-order chi connectivity index (χ1) is 12.4. The minimum absolute atomic E-state index is 0.0565. The monoisotopic (exact) mass is 354 g/mol. The molecular weight excluding hydrogens is 324 g/mol. The van der Waals surface area contributed by atoms with E-state index in [2.05, 4.69) is 53.8 Å². The number of rotatable bonds is 5. The average Bonchev–Trinajstić information content (AvgIpc) is 2.84. The predicted molar refractivity (Wildman–Crippen MR) is 102 cm³/mol.